The second-order valence-corrected chi connectivity index (χ2v) is 6.86. The second kappa shape index (κ2) is 5.78. The van der Waals surface area contributed by atoms with E-state index in [-0.39, 0.29) is 11.8 Å². The highest BCUT2D eigenvalue weighted by molar-refractivity contribution is 8.01. The number of thioether (sulfide) groups is 1. The van der Waals surface area contributed by atoms with E-state index < -0.39 is 10.8 Å². The largest absolute Gasteiger partial charge is 0.349 e. The number of aromatic nitrogens is 2. The maximum atomic E-state index is 12.0. The molecule has 0 bridgehead atoms. The van der Waals surface area contributed by atoms with E-state index in [0.29, 0.717) is 18.0 Å². The maximum absolute atomic E-state index is 12.0. The van der Waals surface area contributed by atoms with Gasteiger partial charge in [-0.05, 0) is 20.8 Å². The summed E-state index contributed by atoms with van der Waals surface area (Å²) in [5, 5.41) is 5.51. The van der Waals surface area contributed by atoms with Crippen LogP contribution in [-0.4, -0.2) is 38.3 Å². The molecule has 7 heteroatoms. The molecule has 1 aromatic rings. The van der Waals surface area contributed by atoms with Crippen molar-refractivity contribution in [2.75, 3.05) is 5.75 Å². The lowest BCUT2D eigenvalue weighted by atomic mass is 10.1. The highest BCUT2D eigenvalue weighted by Crippen LogP contribution is 2.28. The summed E-state index contributed by atoms with van der Waals surface area (Å²) in [6, 6.07) is -0.487. The van der Waals surface area contributed by atoms with Crippen molar-refractivity contribution in [3.63, 3.8) is 0 Å². The van der Waals surface area contributed by atoms with E-state index in [1.54, 1.807) is 12.4 Å². The lowest BCUT2D eigenvalue weighted by Gasteiger charge is -2.32. The number of amides is 2. The first-order valence-electron chi connectivity index (χ1n) is 6.38. The molecular weight excluding hydrogens is 276 g/mol. The SMILES string of the molecule is Cc1cnc(CNC(=O)[C@H]2CSC(C)(C)C(=O)N2)cn1. The summed E-state index contributed by atoms with van der Waals surface area (Å²) < 4.78 is -0.473. The quantitative estimate of drug-likeness (QED) is 0.843. The van der Waals surface area contributed by atoms with Crippen molar-refractivity contribution in [1.29, 1.82) is 0 Å². The molecule has 0 aromatic carbocycles. The number of hydrogen-bond acceptors (Lipinski definition) is 5. The third kappa shape index (κ3) is 3.47. The van der Waals surface area contributed by atoms with Crippen LogP contribution in [0.2, 0.25) is 0 Å². The molecule has 2 rings (SSSR count). The van der Waals surface area contributed by atoms with Crippen LogP contribution < -0.4 is 10.6 Å². The lowest BCUT2D eigenvalue weighted by Crippen LogP contribution is -2.57. The van der Waals surface area contributed by atoms with Crippen molar-refractivity contribution in [1.82, 2.24) is 20.6 Å². The molecular formula is C13H18N4O2S. The Morgan fingerprint density at radius 2 is 2.25 bits per heavy atom. The van der Waals surface area contributed by atoms with Gasteiger partial charge < -0.3 is 10.6 Å². The summed E-state index contributed by atoms with van der Waals surface area (Å²) >= 11 is 1.49. The normalized spacial score (nSPS) is 21.1. The molecule has 1 atom stereocenters. The van der Waals surface area contributed by atoms with Gasteiger partial charge in [0.2, 0.25) is 11.8 Å². The van der Waals surface area contributed by atoms with Crippen molar-refractivity contribution in [3.8, 4) is 0 Å². The molecule has 1 aliphatic heterocycles. The van der Waals surface area contributed by atoms with Crippen molar-refractivity contribution in [2.45, 2.75) is 38.1 Å². The molecule has 108 valence electrons. The molecule has 20 heavy (non-hydrogen) atoms. The molecule has 0 radical (unpaired) electrons. The number of carbonyl (C=O) groups excluding carboxylic acids is 2. The first-order valence-corrected chi connectivity index (χ1v) is 7.37. The summed E-state index contributed by atoms with van der Waals surface area (Å²) in [6.45, 7) is 5.87. The zero-order valence-corrected chi connectivity index (χ0v) is 12.6. The molecule has 1 fully saturated rings. The highest BCUT2D eigenvalue weighted by atomic mass is 32.2. The summed E-state index contributed by atoms with van der Waals surface area (Å²) in [5.74, 6) is 0.275. The molecule has 2 N–H and O–H groups in total. The van der Waals surface area contributed by atoms with Gasteiger partial charge in [0.05, 0.1) is 28.9 Å². The monoisotopic (exact) mass is 294 g/mol. The molecule has 0 saturated carbocycles. The standard InChI is InChI=1S/C13H18N4O2S/c1-8-4-15-9(5-14-8)6-16-11(18)10-7-20-13(2,3)12(19)17-10/h4-5,10H,6-7H2,1-3H3,(H,16,18)(H,17,19)/t10-/m1/s1. The van der Waals surface area contributed by atoms with Crippen LogP contribution in [-0.2, 0) is 16.1 Å². The Balaban J connectivity index is 1.87. The average Bonchev–Trinajstić information content (AvgIpc) is 2.41. The molecule has 0 spiro atoms. The molecule has 1 saturated heterocycles. The van der Waals surface area contributed by atoms with Crippen molar-refractivity contribution in [3.05, 3.63) is 23.8 Å². The highest BCUT2D eigenvalue weighted by Gasteiger charge is 2.37. The zero-order valence-electron chi connectivity index (χ0n) is 11.8. The van der Waals surface area contributed by atoms with Crippen LogP contribution in [0.4, 0.5) is 0 Å². The Hall–Kier alpha value is -1.63. The van der Waals surface area contributed by atoms with Gasteiger partial charge in [0, 0.05) is 11.9 Å². The van der Waals surface area contributed by atoms with Crippen LogP contribution in [0.15, 0.2) is 12.4 Å². The van der Waals surface area contributed by atoms with Gasteiger partial charge in [-0.25, -0.2) is 0 Å². The Morgan fingerprint density at radius 3 is 2.85 bits per heavy atom. The third-order valence-electron chi connectivity index (χ3n) is 3.06. The summed E-state index contributed by atoms with van der Waals surface area (Å²) in [4.78, 5) is 32.1. The molecule has 0 aliphatic carbocycles. The third-order valence-corrected chi connectivity index (χ3v) is 4.46. The van der Waals surface area contributed by atoms with E-state index in [0.717, 1.165) is 5.69 Å². The fourth-order valence-electron chi connectivity index (χ4n) is 1.68. The van der Waals surface area contributed by atoms with E-state index in [1.165, 1.54) is 11.8 Å². The van der Waals surface area contributed by atoms with Gasteiger partial charge in [-0.15, -0.1) is 11.8 Å². The predicted molar refractivity (Wildman–Crippen MR) is 77.1 cm³/mol. The number of hydrogen-bond donors (Lipinski definition) is 2. The Kier molecular flexibility index (Phi) is 4.27. The number of carbonyl (C=O) groups is 2. The Labute approximate surface area is 122 Å². The molecule has 0 unspecified atom stereocenters. The fraction of sp³-hybridized carbons (Fsp3) is 0.538. The van der Waals surface area contributed by atoms with Gasteiger partial charge in [0.25, 0.3) is 0 Å². The molecule has 1 aliphatic rings. The van der Waals surface area contributed by atoms with E-state index in [1.807, 2.05) is 20.8 Å². The lowest BCUT2D eigenvalue weighted by molar-refractivity contribution is -0.129. The minimum atomic E-state index is -0.487. The van der Waals surface area contributed by atoms with Crippen molar-refractivity contribution in [2.24, 2.45) is 0 Å². The van der Waals surface area contributed by atoms with Gasteiger partial charge in [0.1, 0.15) is 6.04 Å². The summed E-state index contributed by atoms with van der Waals surface area (Å²) in [6.07, 6.45) is 3.29. The van der Waals surface area contributed by atoms with Crippen molar-refractivity contribution < 1.29 is 9.59 Å². The zero-order chi connectivity index (χ0) is 14.8. The first kappa shape index (κ1) is 14.8. The molecule has 2 amide bonds. The van der Waals surface area contributed by atoms with E-state index >= 15 is 0 Å². The fourth-order valence-corrected chi connectivity index (χ4v) is 2.69. The number of rotatable bonds is 3. The number of nitrogens with one attached hydrogen (secondary N) is 2. The van der Waals surface area contributed by atoms with Gasteiger partial charge in [-0.3, -0.25) is 19.6 Å². The van der Waals surface area contributed by atoms with E-state index in [2.05, 4.69) is 20.6 Å². The van der Waals surface area contributed by atoms with Gasteiger partial charge >= 0.3 is 0 Å². The van der Waals surface area contributed by atoms with Gasteiger partial charge in [0.15, 0.2) is 0 Å². The summed E-state index contributed by atoms with van der Waals surface area (Å²) in [5.41, 5.74) is 1.53. The van der Waals surface area contributed by atoms with Crippen LogP contribution in [0.3, 0.4) is 0 Å². The average molecular weight is 294 g/mol. The molecule has 6 nitrogen and oxygen atoms in total. The van der Waals surface area contributed by atoms with Crippen molar-refractivity contribution >= 4 is 23.6 Å². The van der Waals surface area contributed by atoms with Crippen LogP contribution in [0.25, 0.3) is 0 Å². The number of nitrogens with zero attached hydrogens (tertiary/aromatic N) is 2. The Morgan fingerprint density at radius 1 is 1.50 bits per heavy atom. The molecule has 1 aromatic heterocycles. The van der Waals surface area contributed by atoms with Crippen LogP contribution in [0.5, 0.6) is 0 Å². The number of aryl methyl sites for hydroxylation is 1. The van der Waals surface area contributed by atoms with Gasteiger partial charge in [-0.1, -0.05) is 0 Å². The van der Waals surface area contributed by atoms with Crippen LogP contribution >= 0.6 is 11.8 Å². The van der Waals surface area contributed by atoms with E-state index in [4.69, 9.17) is 0 Å². The molecule has 2 heterocycles. The van der Waals surface area contributed by atoms with Crippen LogP contribution in [0, 0.1) is 6.92 Å². The minimum Gasteiger partial charge on any atom is -0.349 e. The second-order valence-electron chi connectivity index (χ2n) is 5.21. The Bertz CT molecular complexity index is 516. The topological polar surface area (TPSA) is 84.0 Å². The van der Waals surface area contributed by atoms with Gasteiger partial charge in [-0.2, -0.15) is 0 Å². The maximum Gasteiger partial charge on any atom is 0.243 e. The van der Waals surface area contributed by atoms with E-state index in [9.17, 15) is 9.59 Å². The smallest absolute Gasteiger partial charge is 0.243 e. The minimum absolute atomic E-state index is 0.107. The first-order chi connectivity index (χ1) is 9.38. The predicted octanol–water partition coefficient (Wildman–Crippen LogP) is 0.411. The summed E-state index contributed by atoms with van der Waals surface area (Å²) in [7, 11) is 0. The van der Waals surface area contributed by atoms with Crippen LogP contribution in [0.1, 0.15) is 25.2 Å².